The monoisotopic (exact) mass is 628 g/mol. The van der Waals surface area contributed by atoms with E-state index in [0.29, 0.717) is 72.3 Å². The van der Waals surface area contributed by atoms with Crippen molar-refractivity contribution < 1.29 is 28.5 Å². The van der Waals surface area contributed by atoms with Crippen LogP contribution in [0.4, 0.5) is 10.2 Å². The number of carboxylic acids is 1. The molecule has 1 fully saturated rings. The highest BCUT2D eigenvalue weighted by molar-refractivity contribution is 5.80. The second kappa shape index (κ2) is 12.1. The highest BCUT2D eigenvalue weighted by Gasteiger charge is 2.38. The quantitative estimate of drug-likeness (QED) is 0.249. The molecule has 3 aliphatic heterocycles. The predicted octanol–water partition coefficient (Wildman–Crippen LogP) is 7.51. The Morgan fingerprint density at radius 1 is 1.13 bits per heavy atom. The molecular weight excluding hydrogens is 587 g/mol. The van der Waals surface area contributed by atoms with E-state index in [9.17, 15) is 9.90 Å². The van der Waals surface area contributed by atoms with E-state index in [1.807, 2.05) is 64.1 Å². The van der Waals surface area contributed by atoms with Gasteiger partial charge in [0.2, 0.25) is 0 Å². The molecule has 3 aliphatic rings. The van der Waals surface area contributed by atoms with E-state index in [1.54, 1.807) is 10.6 Å². The van der Waals surface area contributed by atoms with E-state index in [0.717, 1.165) is 24.0 Å². The Hall–Kier alpha value is -4.28. The third kappa shape index (κ3) is 6.37. The number of allylic oxidation sites excluding steroid dienone is 1. The number of hydrogen-bond acceptors (Lipinski definition) is 7. The summed E-state index contributed by atoms with van der Waals surface area (Å²) in [5.41, 5.74) is 3.32. The van der Waals surface area contributed by atoms with Crippen molar-refractivity contribution in [1.29, 1.82) is 0 Å². The third-order valence-electron chi connectivity index (χ3n) is 8.62. The number of nitrogens with zero attached hydrogens (tertiary/aromatic N) is 4. The summed E-state index contributed by atoms with van der Waals surface area (Å²) in [7, 11) is 0. The number of piperidine rings is 1. The summed E-state index contributed by atoms with van der Waals surface area (Å²) in [4.78, 5) is 19.8. The number of aliphatic carboxylic acids is 1. The number of carboxylic acid groups (broad SMARTS) is 1. The van der Waals surface area contributed by atoms with Crippen molar-refractivity contribution in [2.75, 3.05) is 24.6 Å². The Morgan fingerprint density at radius 2 is 1.85 bits per heavy atom. The number of aryl methyl sites for hydroxylation is 1. The maximum atomic E-state index is 15.2. The van der Waals surface area contributed by atoms with E-state index in [1.165, 1.54) is 6.07 Å². The van der Waals surface area contributed by atoms with Crippen LogP contribution in [0.1, 0.15) is 70.7 Å². The van der Waals surface area contributed by atoms with Gasteiger partial charge < -0.3 is 24.2 Å². The first kappa shape index (κ1) is 31.7. The van der Waals surface area contributed by atoms with Crippen molar-refractivity contribution in [2.45, 2.75) is 77.6 Å². The number of rotatable bonds is 3. The number of fused-ring (bicyclic) bond motifs is 7. The van der Waals surface area contributed by atoms with Crippen molar-refractivity contribution in [2.24, 2.45) is 0 Å². The molecule has 0 amide bonds. The van der Waals surface area contributed by atoms with E-state index in [-0.39, 0.29) is 11.4 Å². The number of halogens is 1. The molecule has 242 valence electrons. The van der Waals surface area contributed by atoms with Crippen LogP contribution in [-0.4, -0.2) is 56.6 Å². The van der Waals surface area contributed by atoms with Gasteiger partial charge in [0, 0.05) is 49.0 Å². The second-order valence-corrected chi connectivity index (χ2v) is 13.4. The van der Waals surface area contributed by atoms with Crippen LogP contribution in [0, 0.1) is 12.7 Å². The number of anilines is 1. The normalized spacial score (nSPS) is 17.6. The van der Waals surface area contributed by atoms with Crippen LogP contribution in [0.25, 0.3) is 28.0 Å². The molecule has 0 radical (unpaired) electrons. The summed E-state index contributed by atoms with van der Waals surface area (Å²) in [6.45, 7) is 15.3. The molecule has 46 heavy (non-hydrogen) atoms. The molecule has 4 aromatic rings. The first-order valence-corrected chi connectivity index (χ1v) is 15.8. The molecule has 2 aromatic heterocycles. The lowest BCUT2D eigenvalue weighted by Gasteiger charge is -2.41. The summed E-state index contributed by atoms with van der Waals surface area (Å²) in [5, 5.41) is 15.5. The number of benzene rings is 2. The first-order chi connectivity index (χ1) is 21.8. The van der Waals surface area contributed by atoms with Gasteiger partial charge in [0.05, 0.1) is 28.2 Å². The van der Waals surface area contributed by atoms with Crippen molar-refractivity contribution in [3.63, 3.8) is 0 Å². The average Bonchev–Trinajstić information content (AvgIpc) is 3.42. The number of carbonyl (C=O) groups is 1. The van der Waals surface area contributed by atoms with Gasteiger partial charge >= 0.3 is 5.97 Å². The lowest BCUT2D eigenvalue weighted by Crippen LogP contribution is -2.46. The SMILES string of the molecule is C=C1CCCOC2(C)CCN(CC2)c2c([C@H](OC(C)(C)C)C(=O)O)c(C)nc3cc(nn23)-c2cccc(c2)-c2cccc(F)c2O1. The van der Waals surface area contributed by atoms with Gasteiger partial charge in [-0.3, -0.25) is 0 Å². The summed E-state index contributed by atoms with van der Waals surface area (Å²) < 4.78 is 35.5. The maximum absolute atomic E-state index is 15.2. The molecule has 5 heterocycles. The van der Waals surface area contributed by atoms with Crippen LogP contribution in [0.15, 0.2) is 60.9 Å². The van der Waals surface area contributed by atoms with Gasteiger partial charge in [0.1, 0.15) is 5.82 Å². The fourth-order valence-electron chi connectivity index (χ4n) is 6.26. The van der Waals surface area contributed by atoms with Crippen molar-refractivity contribution in [1.82, 2.24) is 14.6 Å². The topological polar surface area (TPSA) is 98.4 Å². The largest absolute Gasteiger partial charge is 0.479 e. The van der Waals surface area contributed by atoms with Crippen molar-refractivity contribution in [3.8, 4) is 28.1 Å². The first-order valence-electron chi connectivity index (χ1n) is 15.8. The minimum Gasteiger partial charge on any atom is -0.479 e. The van der Waals surface area contributed by atoms with Gasteiger partial charge in [-0.1, -0.05) is 36.9 Å². The Morgan fingerprint density at radius 3 is 2.57 bits per heavy atom. The molecular formula is C36H41FN4O5. The molecule has 6 bridgehead atoms. The van der Waals surface area contributed by atoms with Gasteiger partial charge in [0.25, 0.3) is 0 Å². The molecule has 1 N–H and O–H groups in total. The zero-order valence-electron chi connectivity index (χ0n) is 27.1. The number of para-hydroxylation sites is 1. The molecule has 10 heteroatoms. The summed E-state index contributed by atoms with van der Waals surface area (Å²) >= 11 is 0. The van der Waals surface area contributed by atoms with Crippen LogP contribution in [0.2, 0.25) is 0 Å². The van der Waals surface area contributed by atoms with Crippen LogP contribution in [0.5, 0.6) is 5.75 Å². The average molecular weight is 629 g/mol. The van der Waals surface area contributed by atoms with E-state index >= 15 is 4.39 Å². The van der Waals surface area contributed by atoms with Crippen LogP contribution in [-0.2, 0) is 14.3 Å². The highest BCUT2D eigenvalue weighted by Crippen LogP contribution is 2.40. The fraction of sp³-hybridized carbons (Fsp3) is 0.417. The lowest BCUT2D eigenvalue weighted by molar-refractivity contribution is -0.160. The summed E-state index contributed by atoms with van der Waals surface area (Å²) in [6, 6.07) is 14.4. The highest BCUT2D eigenvalue weighted by atomic mass is 19.1. The molecule has 0 unspecified atom stereocenters. The minimum absolute atomic E-state index is 0.125. The number of hydrogen-bond donors (Lipinski definition) is 1. The Balaban J connectivity index is 1.56. The van der Waals surface area contributed by atoms with Gasteiger partial charge in [-0.15, -0.1) is 0 Å². The van der Waals surface area contributed by atoms with Crippen LogP contribution >= 0.6 is 0 Å². The maximum Gasteiger partial charge on any atom is 0.337 e. The number of aromatic nitrogens is 3. The van der Waals surface area contributed by atoms with Gasteiger partial charge in [-0.25, -0.2) is 14.2 Å². The molecule has 1 atom stereocenters. The van der Waals surface area contributed by atoms with Gasteiger partial charge in [0.15, 0.2) is 23.3 Å². The van der Waals surface area contributed by atoms with Crippen molar-refractivity contribution in [3.05, 3.63) is 77.9 Å². The summed E-state index contributed by atoms with van der Waals surface area (Å²) in [5.74, 6) is -0.320. The minimum atomic E-state index is -1.26. The van der Waals surface area contributed by atoms with Gasteiger partial charge in [-0.05, 0) is 71.6 Å². The van der Waals surface area contributed by atoms with E-state index < -0.39 is 23.5 Å². The molecule has 7 rings (SSSR count). The molecule has 2 aromatic carbocycles. The lowest BCUT2D eigenvalue weighted by atomic mass is 9.92. The van der Waals surface area contributed by atoms with E-state index in [2.05, 4.69) is 18.4 Å². The molecule has 0 aliphatic carbocycles. The van der Waals surface area contributed by atoms with Crippen LogP contribution in [0.3, 0.4) is 0 Å². The standard InChI is InChI=1S/C36H41FN4O5/c1-22-10-9-19-44-36(6)15-17-40(18-16-36)33-30(32(34(42)43)46-35(3,4)5)23(2)38-29-21-28(39-41(29)33)25-12-7-11-24(20-25)26-13-8-14-27(37)31(26)45-22/h7-8,11-14,20-21,32H,1,9-10,15-19H2,2-6H3,(H,42,43)/t32-/m0/s1. The smallest absolute Gasteiger partial charge is 0.337 e. The zero-order chi connectivity index (χ0) is 32.8. The number of ether oxygens (including phenoxy) is 3. The van der Waals surface area contributed by atoms with Crippen molar-refractivity contribution >= 4 is 17.4 Å². The molecule has 9 nitrogen and oxygen atoms in total. The van der Waals surface area contributed by atoms with Crippen LogP contribution < -0.4 is 9.64 Å². The second-order valence-electron chi connectivity index (χ2n) is 13.4. The Kier molecular flexibility index (Phi) is 8.37. The third-order valence-corrected chi connectivity index (χ3v) is 8.62. The fourth-order valence-corrected chi connectivity index (χ4v) is 6.26. The molecule has 1 saturated heterocycles. The van der Waals surface area contributed by atoms with Gasteiger partial charge in [-0.2, -0.15) is 9.61 Å². The Labute approximate surface area is 268 Å². The molecule has 0 saturated carbocycles. The zero-order valence-corrected chi connectivity index (χ0v) is 27.1. The van der Waals surface area contributed by atoms with E-state index in [4.69, 9.17) is 24.3 Å². The Bertz CT molecular complexity index is 1800. The predicted molar refractivity (Wildman–Crippen MR) is 175 cm³/mol. The molecule has 0 spiro atoms. The summed E-state index contributed by atoms with van der Waals surface area (Å²) in [6.07, 6.45) is 1.38.